The van der Waals surface area contributed by atoms with E-state index in [1.165, 1.54) is 26.2 Å². The monoisotopic (exact) mass is 418 g/mol. The van der Waals surface area contributed by atoms with Crippen LogP contribution in [0, 0.1) is 0 Å². The minimum Gasteiger partial charge on any atom is -0.378 e. The van der Waals surface area contributed by atoms with Crippen molar-refractivity contribution in [2.75, 3.05) is 51.5 Å². The van der Waals surface area contributed by atoms with Crippen molar-refractivity contribution >= 4 is 27.3 Å². The zero-order valence-corrected chi connectivity index (χ0v) is 18.5. The van der Waals surface area contributed by atoms with Gasteiger partial charge in [0.25, 0.3) is 0 Å². The van der Waals surface area contributed by atoms with E-state index in [9.17, 15) is 13.2 Å². The van der Waals surface area contributed by atoms with Crippen LogP contribution in [0.1, 0.15) is 12.5 Å². The van der Waals surface area contributed by atoms with Crippen LogP contribution in [0.2, 0.25) is 0 Å². The minimum absolute atomic E-state index is 0.147. The molecule has 0 unspecified atom stereocenters. The van der Waals surface area contributed by atoms with Crippen LogP contribution in [0.3, 0.4) is 0 Å². The van der Waals surface area contributed by atoms with E-state index in [4.69, 9.17) is 0 Å². The molecule has 2 rings (SSSR count). The number of nitrogens with zero attached hydrogens (tertiary/aromatic N) is 3. The van der Waals surface area contributed by atoms with E-state index in [-0.39, 0.29) is 17.3 Å². The lowest BCUT2D eigenvalue weighted by Gasteiger charge is -2.21. The number of hydrogen-bond acceptors (Lipinski definition) is 5. The molecule has 29 heavy (non-hydrogen) atoms. The van der Waals surface area contributed by atoms with Gasteiger partial charge in [-0.3, -0.25) is 9.69 Å². The van der Waals surface area contributed by atoms with Gasteiger partial charge in [-0.15, -0.1) is 0 Å². The molecule has 1 amide bonds. The van der Waals surface area contributed by atoms with E-state index in [2.05, 4.69) is 29.6 Å². The normalized spacial score (nSPS) is 11.7. The van der Waals surface area contributed by atoms with E-state index < -0.39 is 10.0 Å². The van der Waals surface area contributed by atoms with Crippen LogP contribution in [-0.4, -0.2) is 64.8 Å². The predicted octanol–water partition coefficient (Wildman–Crippen LogP) is 2.46. The highest BCUT2D eigenvalue weighted by atomic mass is 32.2. The fraction of sp³-hybridized carbons (Fsp3) is 0.381. The molecule has 158 valence electrons. The number of nitrogens with one attached hydrogen (secondary N) is 1. The first-order valence-corrected chi connectivity index (χ1v) is 10.9. The van der Waals surface area contributed by atoms with Crippen LogP contribution in [0.4, 0.5) is 11.4 Å². The summed E-state index contributed by atoms with van der Waals surface area (Å²) in [5.74, 6) is -0.184. The highest BCUT2D eigenvalue weighted by Gasteiger charge is 2.18. The first-order chi connectivity index (χ1) is 13.6. The van der Waals surface area contributed by atoms with E-state index >= 15 is 0 Å². The second-order valence-corrected chi connectivity index (χ2v) is 9.38. The van der Waals surface area contributed by atoms with Crippen molar-refractivity contribution in [3.63, 3.8) is 0 Å². The van der Waals surface area contributed by atoms with Crippen molar-refractivity contribution in [2.24, 2.45) is 0 Å². The lowest BCUT2D eigenvalue weighted by molar-refractivity contribution is -0.117. The molecule has 8 heteroatoms. The van der Waals surface area contributed by atoms with Crippen molar-refractivity contribution in [2.45, 2.75) is 18.4 Å². The van der Waals surface area contributed by atoms with Gasteiger partial charge < -0.3 is 10.2 Å². The summed E-state index contributed by atoms with van der Waals surface area (Å²) < 4.78 is 25.7. The minimum atomic E-state index is -3.55. The van der Waals surface area contributed by atoms with Gasteiger partial charge in [0, 0.05) is 46.1 Å². The second-order valence-electron chi connectivity index (χ2n) is 7.23. The first-order valence-electron chi connectivity index (χ1n) is 9.44. The summed E-state index contributed by atoms with van der Waals surface area (Å²) in [5.41, 5.74) is 2.72. The van der Waals surface area contributed by atoms with Gasteiger partial charge >= 0.3 is 0 Å². The molecule has 0 fully saturated rings. The number of carbonyl (C=O) groups is 1. The van der Waals surface area contributed by atoms with Gasteiger partial charge in [0.1, 0.15) is 0 Å². The molecule has 0 radical (unpaired) electrons. The summed E-state index contributed by atoms with van der Waals surface area (Å²) in [4.78, 5) is 16.7. The van der Waals surface area contributed by atoms with E-state index in [0.717, 1.165) is 22.1 Å². The molecule has 1 N–H and O–H groups in total. The van der Waals surface area contributed by atoms with E-state index in [1.807, 2.05) is 30.8 Å². The molecule has 0 aliphatic rings. The van der Waals surface area contributed by atoms with Gasteiger partial charge in [0.05, 0.1) is 11.4 Å². The van der Waals surface area contributed by atoms with Crippen LogP contribution < -0.4 is 10.2 Å². The van der Waals surface area contributed by atoms with Gasteiger partial charge in [0.2, 0.25) is 15.9 Å². The summed E-state index contributed by atoms with van der Waals surface area (Å²) in [7, 11) is 3.40. The maximum atomic E-state index is 12.5. The van der Waals surface area contributed by atoms with Crippen molar-refractivity contribution in [1.82, 2.24) is 9.21 Å². The topological polar surface area (TPSA) is 73.0 Å². The second kappa shape index (κ2) is 9.87. The molecular weight excluding hydrogens is 388 g/mol. The van der Waals surface area contributed by atoms with Crippen LogP contribution in [0.25, 0.3) is 0 Å². The van der Waals surface area contributed by atoms with E-state index in [0.29, 0.717) is 12.2 Å². The van der Waals surface area contributed by atoms with Crippen molar-refractivity contribution < 1.29 is 13.2 Å². The van der Waals surface area contributed by atoms with Gasteiger partial charge in [0.15, 0.2) is 0 Å². The highest BCUT2D eigenvalue weighted by Crippen LogP contribution is 2.18. The third-order valence-electron chi connectivity index (χ3n) is 4.57. The number of carbonyl (C=O) groups excluding carboxylic acids is 1. The quantitative estimate of drug-likeness (QED) is 0.677. The molecule has 0 atom stereocenters. The summed E-state index contributed by atoms with van der Waals surface area (Å²) in [6.07, 6.45) is 0. The average Bonchev–Trinajstić information content (AvgIpc) is 2.67. The van der Waals surface area contributed by atoms with Crippen LogP contribution in [-0.2, 0) is 21.4 Å². The molecule has 0 bridgehead atoms. The Morgan fingerprint density at radius 2 is 1.66 bits per heavy atom. The maximum Gasteiger partial charge on any atom is 0.242 e. The van der Waals surface area contributed by atoms with Crippen LogP contribution in [0.5, 0.6) is 0 Å². The summed E-state index contributed by atoms with van der Waals surface area (Å²) in [6, 6.07) is 14.5. The fourth-order valence-electron chi connectivity index (χ4n) is 2.79. The summed E-state index contributed by atoms with van der Waals surface area (Å²) in [5, 5.41) is 2.80. The average molecular weight is 419 g/mol. The molecule has 0 aromatic heterocycles. The molecule has 0 saturated carbocycles. The zero-order chi connectivity index (χ0) is 21.6. The number of likely N-dealkylation sites (N-methyl/N-ethyl adjacent to an activating group) is 1. The van der Waals surface area contributed by atoms with Gasteiger partial charge in [-0.2, -0.15) is 0 Å². The lowest BCUT2D eigenvalue weighted by atomic mass is 10.2. The molecule has 0 saturated heterocycles. The molecule has 0 aliphatic carbocycles. The maximum absolute atomic E-state index is 12.5. The Balaban J connectivity index is 2.01. The van der Waals surface area contributed by atoms with Crippen molar-refractivity contribution in [3.8, 4) is 0 Å². The number of hydrogen-bond donors (Lipinski definition) is 1. The standard InChI is InChI=1S/C21H30N4O3S/c1-6-25(15-17-10-12-19(13-11-17)23(2)3)16-21(26)22-18-8-7-9-20(14-18)29(27,28)24(4)5/h7-14H,6,15-16H2,1-5H3,(H,22,26). The van der Waals surface area contributed by atoms with Gasteiger partial charge in [-0.25, -0.2) is 12.7 Å². The number of sulfonamides is 1. The van der Waals surface area contributed by atoms with Crippen LogP contribution >= 0.6 is 0 Å². The molecule has 7 nitrogen and oxygen atoms in total. The summed E-state index contributed by atoms with van der Waals surface area (Å²) >= 11 is 0. The van der Waals surface area contributed by atoms with E-state index in [1.54, 1.807) is 12.1 Å². The predicted molar refractivity (Wildman–Crippen MR) is 118 cm³/mol. The van der Waals surface area contributed by atoms with Gasteiger partial charge in [-0.1, -0.05) is 25.1 Å². The van der Waals surface area contributed by atoms with Crippen molar-refractivity contribution in [1.29, 1.82) is 0 Å². The summed E-state index contributed by atoms with van der Waals surface area (Å²) in [6.45, 7) is 3.60. The van der Waals surface area contributed by atoms with Crippen LogP contribution in [0.15, 0.2) is 53.4 Å². The Hall–Kier alpha value is -2.42. The smallest absolute Gasteiger partial charge is 0.242 e. The fourth-order valence-corrected chi connectivity index (χ4v) is 3.73. The highest BCUT2D eigenvalue weighted by molar-refractivity contribution is 7.89. The molecule has 0 spiro atoms. The number of amides is 1. The molecule has 2 aromatic carbocycles. The number of benzene rings is 2. The Kier molecular flexibility index (Phi) is 7.78. The Bertz CT molecular complexity index is 925. The largest absolute Gasteiger partial charge is 0.378 e. The molecule has 2 aromatic rings. The molecular formula is C21H30N4O3S. The number of anilines is 2. The SMILES string of the molecule is CCN(CC(=O)Nc1cccc(S(=O)(=O)N(C)C)c1)Cc1ccc(N(C)C)cc1. The zero-order valence-electron chi connectivity index (χ0n) is 17.7. The molecule has 0 heterocycles. The Morgan fingerprint density at radius 1 is 1.00 bits per heavy atom. The van der Waals surface area contributed by atoms with Gasteiger partial charge in [-0.05, 0) is 42.4 Å². The lowest BCUT2D eigenvalue weighted by Crippen LogP contribution is -2.32. The molecule has 0 aliphatic heterocycles. The van der Waals surface area contributed by atoms with Crippen molar-refractivity contribution in [3.05, 3.63) is 54.1 Å². The number of rotatable bonds is 9. The third kappa shape index (κ3) is 6.28. The Morgan fingerprint density at radius 3 is 2.21 bits per heavy atom. The Labute approximate surface area is 174 Å². The first kappa shape index (κ1) is 22.9. The third-order valence-corrected chi connectivity index (χ3v) is 6.38.